The number of carbonyl (C=O) groups is 1. The van der Waals surface area contributed by atoms with Crippen LogP contribution < -0.4 is 10.6 Å². The molecule has 0 aliphatic carbocycles. The van der Waals surface area contributed by atoms with Crippen LogP contribution in [0, 0.1) is 13.8 Å². The zero-order chi connectivity index (χ0) is 16.9. The van der Waals surface area contributed by atoms with Crippen molar-refractivity contribution in [3.63, 3.8) is 0 Å². The molecule has 0 atom stereocenters. The minimum atomic E-state index is -0.133. The van der Waals surface area contributed by atoms with Gasteiger partial charge in [-0.3, -0.25) is 0 Å². The van der Waals surface area contributed by atoms with Crippen molar-refractivity contribution in [3.8, 4) is 0 Å². The van der Waals surface area contributed by atoms with Gasteiger partial charge in [-0.25, -0.2) is 4.79 Å². The van der Waals surface area contributed by atoms with Crippen molar-refractivity contribution in [3.05, 3.63) is 70.8 Å². The molecule has 0 radical (unpaired) electrons. The molecular formula is C20H26N2O. The largest absolute Gasteiger partial charge is 0.337 e. The number of rotatable bonds is 5. The Hall–Kier alpha value is -2.29. The summed E-state index contributed by atoms with van der Waals surface area (Å²) >= 11 is 0. The molecule has 2 aromatic rings. The molecule has 0 aromatic heterocycles. The number of hydrogen-bond acceptors (Lipinski definition) is 1. The number of carbonyl (C=O) groups excluding carboxylic acids is 1. The third-order valence-corrected chi connectivity index (χ3v) is 4.06. The van der Waals surface area contributed by atoms with Crippen LogP contribution in [-0.2, 0) is 12.0 Å². The fourth-order valence-electron chi connectivity index (χ4n) is 2.48. The highest BCUT2D eigenvalue weighted by molar-refractivity contribution is 5.74. The number of nitrogens with one attached hydrogen (secondary N) is 2. The molecule has 0 saturated carbocycles. The monoisotopic (exact) mass is 310 g/mol. The van der Waals surface area contributed by atoms with E-state index in [9.17, 15) is 4.79 Å². The molecule has 122 valence electrons. The van der Waals surface area contributed by atoms with E-state index in [0.29, 0.717) is 13.1 Å². The first-order valence-electron chi connectivity index (χ1n) is 8.01. The average molecular weight is 310 g/mol. The lowest BCUT2D eigenvalue weighted by molar-refractivity contribution is 0.238. The van der Waals surface area contributed by atoms with Crippen LogP contribution in [0.3, 0.4) is 0 Å². The van der Waals surface area contributed by atoms with E-state index in [4.69, 9.17) is 0 Å². The summed E-state index contributed by atoms with van der Waals surface area (Å²) in [5.74, 6) is 0. The summed E-state index contributed by atoms with van der Waals surface area (Å²) in [6.45, 7) is 9.53. The minimum Gasteiger partial charge on any atom is -0.337 e. The quantitative estimate of drug-likeness (QED) is 0.858. The predicted molar refractivity (Wildman–Crippen MR) is 95.6 cm³/mol. The SMILES string of the molecule is Cc1ccc(C(C)(C)CNC(=O)NCc2cccc(C)c2)cc1. The molecule has 0 bridgehead atoms. The second-order valence-electron chi connectivity index (χ2n) is 6.78. The Morgan fingerprint density at radius 1 is 0.957 bits per heavy atom. The van der Waals surface area contributed by atoms with Gasteiger partial charge in [0.05, 0.1) is 0 Å². The van der Waals surface area contributed by atoms with Crippen molar-refractivity contribution in [1.29, 1.82) is 0 Å². The lowest BCUT2D eigenvalue weighted by atomic mass is 9.84. The zero-order valence-corrected chi connectivity index (χ0v) is 14.4. The molecule has 0 fully saturated rings. The molecular weight excluding hydrogens is 284 g/mol. The van der Waals surface area contributed by atoms with Gasteiger partial charge in [-0.1, -0.05) is 73.5 Å². The van der Waals surface area contributed by atoms with Gasteiger partial charge in [0, 0.05) is 18.5 Å². The first kappa shape index (κ1) is 17.1. The molecule has 23 heavy (non-hydrogen) atoms. The second-order valence-corrected chi connectivity index (χ2v) is 6.78. The van der Waals surface area contributed by atoms with Gasteiger partial charge in [0.15, 0.2) is 0 Å². The van der Waals surface area contributed by atoms with E-state index in [-0.39, 0.29) is 11.4 Å². The van der Waals surface area contributed by atoms with Gasteiger partial charge < -0.3 is 10.6 Å². The first-order valence-corrected chi connectivity index (χ1v) is 8.01. The van der Waals surface area contributed by atoms with Crippen LogP contribution in [0.4, 0.5) is 4.79 Å². The summed E-state index contributed by atoms with van der Waals surface area (Å²) in [5, 5.41) is 5.88. The van der Waals surface area contributed by atoms with E-state index < -0.39 is 0 Å². The third-order valence-electron chi connectivity index (χ3n) is 4.06. The highest BCUT2D eigenvalue weighted by atomic mass is 16.2. The molecule has 2 N–H and O–H groups in total. The van der Waals surface area contributed by atoms with E-state index in [1.807, 2.05) is 25.1 Å². The summed E-state index contributed by atoms with van der Waals surface area (Å²) in [6.07, 6.45) is 0. The zero-order valence-electron chi connectivity index (χ0n) is 14.4. The molecule has 0 spiro atoms. The van der Waals surface area contributed by atoms with E-state index in [0.717, 1.165) is 5.56 Å². The van der Waals surface area contributed by atoms with Crippen LogP contribution in [-0.4, -0.2) is 12.6 Å². The van der Waals surface area contributed by atoms with Crippen molar-refractivity contribution in [1.82, 2.24) is 10.6 Å². The minimum absolute atomic E-state index is 0.103. The summed E-state index contributed by atoms with van der Waals surface area (Å²) in [4.78, 5) is 12.0. The van der Waals surface area contributed by atoms with Crippen molar-refractivity contribution in [2.45, 2.75) is 39.7 Å². The van der Waals surface area contributed by atoms with Crippen molar-refractivity contribution in [2.75, 3.05) is 6.54 Å². The summed E-state index contributed by atoms with van der Waals surface area (Å²) in [7, 11) is 0. The number of benzene rings is 2. The molecule has 0 saturated heterocycles. The van der Waals surface area contributed by atoms with E-state index in [2.05, 4.69) is 61.7 Å². The fourth-order valence-corrected chi connectivity index (χ4v) is 2.48. The summed E-state index contributed by atoms with van der Waals surface area (Å²) in [6, 6.07) is 16.5. The third kappa shape index (κ3) is 5.13. The van der Waals surface area contributed by atoms with Gasteiger partial charge in [-0.15, -0.1) is 0 Å². The Bertz CT molecular complexity index is 660. The highest BCUT2D eigenvalue weighted by Crippen LogP contribution is 2.22. The van der Waals surface area contributed by atoms with Crippen LogP contribution in [0.25, 0.3) is 0 Å². The van der Waals surface area contributed by atoms with Crippen LogP contribution >= 0.6 is 0 Å². The fraction of sp³-hybridized carbons (Fsp3) is 0.350. The number of aryl methyl sites for hydroxylation is 2. The smallest absolute Gasteiger partial charge is 0.315 e. The Kier molecular flexibility index (Phi) is 5.43. The highest BCUT2D eigenvalue weighted by Gasteiger charge is 2.21. The van der Waals surface area contributed by atoms with E-state index >= 15 is 0 Å². The Morgan fingerprint density at radius 3 is 2.30 bits per heavy atom. The summed E-state index contributed by atoms with van der Waals surface area (Å²) in [5.41, 5.74) is 4.67. The number of amides is 2. The molecule has 2 amide bonds. The normalized spacial score (nSPS) is 11.1. The van der Waals surface area contributed by atoms with E-state index in [1.54, 1.807) is 0 Å². The molecule has 0 aliphatic heterocycles. The maximum Gasteiger partial charge on any atom is 0.315 e. The number of hydrogen-bond donors (Lipinski definition) is 2. The van der Waals surface area contributed by atoms with Crippen LogP contribution in [0.2, 0.25) is 0 Å². The molecule has 0 heterocycles. The van der Waals surface area contributed by atoms with Gasteiger partial charge in [0.2, 0.25) is 0 Å². The molecule has 0 aliphatic rings. The molecule has 2 rings (SSSR count). The van der Waals surface area contributed by atoms with Crippen molar-refractivity contribution >= 4 is 6.03 Å². The lowest BCUT2D eigenvalue weighted by Gasteiger charge is -2.26. The Morgan fingerprint density at radius 2 is 1.65 bits per heavy atom. The van der Waals surface area contributed by atoms with Gasteiger partial charge in [0.1, 0.15) is 0 Å². The molecule has 2 aromatic carbocycles. The van der Waals surface area contributed by atoms with Gasteiger partial charge in [-0.05, 0) is 25.0 Å². The van der Waals surface area contributed by atoms with Gasteiger partial charge >= 0.3 is 6.03 Å². The molecule has 3 heteroatoms. The Balaban J connectivity index is 1.84. The summed E-state index contributed by atoms with van der Waals surface area (Å²) < 4.78 is 0. The first-order chi connectivity index (χ1) is 10.9. The van der Waals surface area contributed by atoms with E-state index in [1.165, 1.54) is 16.7 Å². The number of urea groups is 1. The topological polar surface area (TPSA) is 41.1 Å². The molecule has 3 nitrogen and oxygen atoms in total. The maximum absolute atomic E-state index is 12.0. The lowest BCUT2D eigenvalue weighted by Crippen LogP contribution is -2.42. The second kappa shape index (κ2) is 7.32. The van der Waals surface area contributed by atoms with Crippen molar-refractivity contribution < 1.29 is 4.79 Å². The standard InChI is InChI=1S/C20H26N2O/c1-15-8-10-18(11-9-15)20(3,4)14-22-19(23)21-13-17-7-5-6-16(2)12-17/h5-12H,13-14H2,1-4H3,(H2,21,22,23). The average Bonchev–Trinajstić information content (AvgIpc) is 2.51. The van der Waals surface area contributed by atoms with Crippen LogP contribution in [0.1, 0.15) is 36.1 Å². The Labute approximate surface area is 139 Å². The van der Waals surface area contributed by atoms with Crippen molar-refractivity contribution in [2.24, 2.45) is 0 Å². The van der Waals surface area contributed by atoms with Gasteiger partial charge in [0.25, 0.3) is 0 Å². The predicted octanol–water partition coefficient (Wildman–Crippen LogP) is 4.08. The maximum atomic E-state index is 12.0. The molecule has 0 unspecified atom stereocenters. The van der Waals surface area contributed by atoms with Gasteiger partial charge in [-0.2, -0.15) is 0 Å². The van der Waals surface area contributed by atoms with Crippen LogP contribution in [0.15, 0.2) is 48.5 Å². The van der Waals surface area contributed by atoms with Crippen LogP contribution in [0.5, 0.6) is 0 Å².